The van der Waals surface area contributed by atoms with E-state index < -0.39 is 5.91 Å². The monoisotopic (exact) mass is 415 g/mol. The van der Waals surface area contributed by atoms with Crippen molar-refractivity contribution in [2.45, 2.75) is 45.2 Å². The Morgan fingerprint density at radius 2 is 2.00 bits per heavy atom. The summed E-state index contributed by atoms with van der Waals surface area (Å²) in [6, 6.07) is 5.39. The molecule has 8 heteroatoms. The summed E-state index contributed by atoms with van der Waals surface area (Å²) in [7, 11) is 0. The van der Waals surface area contributed by atoms with Crippen LogP contribution in [-0.2, 0) is 12.0 Å². The lowest BCUT2D eigenvalue weighted by molar-refractivity contribution is -0.789. The first-order chi connectivity index (χ1) is 13.1. The number of hydrogen-bond donors (Lipinski definition) is 3. The fourth-order valence-corrected chi connectivity index (χ4v) is 6.23. The molecule has 0 aliphatic carbocycles. The lowest BCUT2D eigenvalue weighted by Gasteiger charge is -2.38. The molecule has 4 rings (SSSR count). The van der Waals surface area contributed by atoms with Gasteiger partial charge in [-0.3, -0.25) is 9.59 Å². The van der Waals surface area contributed by atoms with Crippen molar-refractivity contribution >= 4 is 49.7 Å². The van der Waals surface area contributed by atoms with Crippen LogP contribution < -0.4 is 16.4 Å². The quantitative estimate of drug-likeness (QED) is 0.613. The maximum Gasteiger partial charge on any atom is 0.256 e. The van der Waals surface area contributed by atoms with Gasteiger partial charge in [0.15, 0.2) is 0 Å². The lowest BCUT2D eigenvalue weighted by atomic mass is 9.81. The summed E-state index contributed by atoms with van der Waals surface area (Å²) >= 11 is 2.94. The molecule has 5 N–H and O–H groups in total. The molecule has 0 spiro atoms. The van der Waals surface area contributed by atoms with Crippen molar-refractivity contribution in [1.82, 2.24) is 4.98 Å². The van der Waals surface area contributed by atoms with Gasteiger partial charge in [0.05, 0.1) is 31.7 Å². The first-order valence-corrected chi connectivity index (χ1v) is 10.7. The first kappa shape index (κ1) is 19.0. The first-order valence-electron chi connectivity index (χ1n) is 9.05. The number of thiazole rings is 1. The van der Waals surface area contributed by atoms with Crippen molar-refractivity contribution < 1.29 is 14.9 Å². The number of quaternary nitrogens is 1. The molecule has 3 aromatic rings. The van der Waals surface area contributed by atoms with Crippen LogP contribution in [0.15, 0.2) is 23.7 Å². The van der Waals surface area contributed by atoms with Gasteiger partial charge in [0.1, 0.15) is 10.5 Å². The Hall–Kier alpha value is -2.29. The molecular weight excluding hydrogens is 392 g/mol. The second kappa shape index (κ2) is 6.37. The number of primary amides is 1. The van der Waals surface area contributed by atoms with Gasteiger partial charge in [-0.15, -0.1) is 22.7 Å². The number of carbonyl (C=O) groups is 2. The van der Waals surface area contributed by atoms with Gasteiger partial charge in [-0.25, -0.2) is 4.98 Å². The Kier molecular flexibility index (Phi) is 4.33. The van der Waals surface area contributed by atoms with E-state index in [2.05, 4.69) is 43.3 Å². The summed E-state index contributed by atoms with van der Waals surface area (Å²) in [5, 5.41) is 5.78. The molecule has 0 unspecified atom stereocenters. The van der Waals surface area contributed by atoms with Crippen molar-refractivity contribution in [2.75, 3.05) is 5.32 Å². The number of rotatable bonds is 3. The predicted molar refractivity (Wildman–Crippen MR) is 113 cm³/mol. The normalized spacial score (nSPS) is 17.3. The molecule has 2 amide bonds. The topological polar surface area (TPSA) is 102 Å². The van der Waals surface area contributed by atoms with Crippen LogP contribution in [0.1, 0.15) is 58.9 Å². The van der Waals surface area contributed by atoms with Crippen LogP contribution in [0.2, 0.25) is 0 Å². The van der Waals surface area contributed by atoms with Crippen LogP contribution in [0.25, 0.3) is 10.2 Å². The zero-order valence-electron chi connectivity index (χ0n) is 16.3. The summed E-state index contributed by atoms with van der Waals surface area (Å²) in [6.07, 6.45) is 0.725. The van der Waals surface area contributed by atoms with E-state index in [1.165, 1.54) is 22.7 Å². The molecule has 0 saturated heterocycles. The average Bonchev–Trinajstić information content (AvgIpc) is 3.16. The fraction of sp³-hybridized carbons (Fsp3) is 0.350. The number of nitrogens with two attached hydrogens (primary N) is 2. The van der Waals surface area contributed by atoms with Crippen LogP contribution in [0, 0.1) is 0 Å². The number of nitrogens with zero attached hydrogens (tertiary/aromatic N) is 1. The summed E-state index contributed by atoms with van der Waals surface area (Å²) < 4.78 is 0.950. The molecule has 1 aliphatic heterocycles. The number of nitrogens with one attached hydrogen (secondary N) is 1. The van der Waals surface area contributed by atoms with Gasteiger partial charge in [-0.05, 0) is 51.5 Å². The maximum atomic E-state index is 12.9. The molecule has 0 fully saturated rings. The minimum Gasteiger partial charge on any atom is -0.365 e. The summed E-state index contributed by atoms with van der Waals surface area (Å²) in [4.78, 5) is 30.5. The van der Waals surface area contributed by atoms with Crippen molar-refractivity contribution in [2.24, 2.45) is 5.73 Å². The molecule has 0 saturated carbocycles. The van der Waals surface area contributed by atoms with E-state index in [9.17, 15) is 9.59 Å². The number of hydrogen-bond acceptors (Lipinski definition) is 5. The van der Waals surface area contributed by atoms with Crippen molar-refractivity contribution in [3.63, 3.8) is 0 Å². The van der Waals surface area contributed by atoms with Crippen molar-refractivity contribution in [3.05, 3.63) is 45.3 Å². The highest BCUT2D eigenvalue weighted by Gasteiger charge is 2.45. The van der Waals surface area contributed by atoms with E-state index in [-0.39, 0.29) is 17.0 Å². The molecule has 146 valence electrons. The number of thiophene rings is 1. The SMILES string of the molecule is CC1(C)Cc2c(sc(NC(=O)c3ccc4ncsc4c3)c2C(N)=O)C(C)(C)[NH2+]1. The summed E-state index contributed by atoms with van der Waals surface area (Å²) in [5.41, 5.74) is 10.0. The molecule has 0 bridgehead atoms. The fourth-order valence-electron chi connectivity index (χ4n) is 4.22. The smallest absolute Gasteiger partial charge is 0.256 e. The van der Waals surface area contributed by atoms with Crippen molar-refractivity contribution in [1.29, 1.82) is 0 Å². The zero-order valence-corrected chi connectivity index (χ0v) is 17.9. The molecule has 0 radical (unpaired) electrons. The van der Waals surface area contributed by atoms with Gasteiger partial charge in [0.25, 0.3) is 11.8 Å². The highest BCUT2D eigenvalue weighted by molar-refractivity contribution is 7.17. The second-order valence-corrected chi connectivity index (χ2v) is 10.4. The Balaban J connectivity index is 1.75. The van der Waals surface area contributed by atoms with E-state index >= 15 is 0 Å². The van der Waals surface area contributed by atoms with Crippen LogP contribution in [0.5, 0.6) is 0 Å². The van der Waals surface area contributed by atoms with Gasteiger partial charge in [0, 0.05) is 12.0 Å². The minimum atomic E-state index is -0.501. The average molecular weight is 416 g/mol. The molecular formula is C20H23N4O2S2+. The number of anilines is 1. The van der Waals surface area contributed by atoms with E-state index in [4.69, 9.17) is 5.73 Å². The van der Waals surface area contributed by atoms with Crippen LogP contribution in [0.4, 0.5) is 5.00 Å². The number of amides is 2. The molecule has 28 heavy (non-hydrogen) atoms. The molecule has 1 aliphatic rings. The Morgan fingerprint density at radius 3 is 2.71 bits per heavy atom. The molecule has 0 atom stereocenters. The highest BCUT2D eigenvalue weighted by atomic mass is 32.1. The van der Waals surface area contributed by atoms with Gasteiger partial charge >= 0.3 is 0 Å². The number of fused-ring (bicyclic) bond motifs is 2. The third kappa shape index (κ3) is 3.21. The van der Waals surface area contributed by atoms with Crippen LogP contribution in [-0.4, -0.2) is 22.3 Å². The summed E-state index contributed by atoms with van der Waals surface area (Å²) in [5.74, 6) is -0.753. The van der Waals surface area contributed by atoms with Gasteiger partial charge in [-0.2, -0.15) is 0 Å². The number of benzene rings is 1. The summed E-state index contributed by atoms with van der Waals surface area (Å²) in [6.45, 7) is 8.58. The van der Waals surface area contributed by atoms with Gasteiger partial charge < -0.3 is 16.4 Å². The Morgan fingerprint density at radius 1 is 1.25 bits per heavy atom. The third-order valence-corrected chi connectivity index (χ3v) is 7.32. The Labute approximate surface area is 171 Å². The molecule has 6 nitrogen and oxygen atoms in total. The minimum absolute atomic E-state index is 0.0553. The molecule has 2 aromatic heterocycles. The third-order valence-electron chi connectivity index (χ3n) is 5.04. The van der Waals surface area contributed by atoms with Gasteiger partial charge in [-0.1, -0.05) is 0 Å². The van der Waals surface area contributed by atoms with E-state index in [0.29, 0.717) is 16.1 Å². The predicted octanol–water partition coefficient (Wildman–Crippen LogP) is 2.84. The van der Waals surface area contributed by atoms with Gasteiger partial charge in [0.2, 0.25) is 0 Å². The lowest BCUT2D eigenvalue weighted by Crippen LogP contribution is -3.03. The van der Waals surface area contributed by atoms with E-state index in [1.54, 1.807) is 11.6 Å². The number of carbonyl (C=O) groups excluding carboxylic acids is 2. The molecule has 1 aromatic carbocycles. The highest BCUT2D eigenvalue weighted by Crippen LogP contribution is 2.42. The Bertz CT molecular complexity index is 1110. The maximum absolute atomic E-state index is 12.9. The largest absolute Gasteiger partial charge is 0.365 e. The standard InChI is InChI=1S/C20H22N4O2S2/c1-19(2)8-11-14(16(21)25)18(28-15(11)20(3,4)24-19)23-17(26)10-5-6-12-13(7-10)27-9-22-12/h5-7,9,24H,8H2,1-4H3,(H2,21,25)(H,23,26)/p+1. The number of aromatic nitrogens is 1. The molecule has 3 heterocycles. The van der Waals surface area contributed by atoms with E-state index in [0.717, 1.165) is 27.1 Å². The van der Waals surface area contributed by atoms with Crippen LogP contribution >= 0.6 is 22.7 Å². The van der Waals surface area contributed by atoms with E-state index in [1.807, 2.05) is 12.1 Å². The zero-order chi connectivity index (χ0) is 20.3. The second-order valence-electron chi connectivity index (χ2n) is 8.50. The van der Waals surface area contributed by atoms with Crippen molar-refractivity contribution in [3.8, 4) is 0 Å². The van der Waals surface area contributed by atoms with Crippen LogP contribution in [0.3, 0.4) is 0 Å².